The lowest BCUT2D eigenvalue weighted by Crippen LogP contribution is -2.33. The third-order valence-electron chi connectivity index (χ3n) is 3.73. The Hall–Kier alpha value is -1.92. The van der Waals surface area contributed by atoms with Crippen molar-refractivity contribution in [2.45, 2.75) is 32.5 Å². The van der Waals surface area contributed by atoms with Gasteiger partial charge in [-0.15, -0.1) is 0 Å². The molecule has 2 atom stereocenters. The van der Waals surface area contributed by atoms with E-state index >= 15 is 0 Å². The number of rotatable bonds is 5. The fourth-order valence-corrected chi connectivity index (χ4v) is 2.91. The van der Waals surface area contributed by atoms with E-state index in [0.29, 0.717) is 5.02 Å². The highest BCUT2D eigenvalue weighted by Gasteiger charge is 2.16. The van der Waals surface area contributed by atoms with Gasteiger partial charge in [0.05, 0.1) is 23.6 Å². The van der Waals surface area contributed by atoms with Crippen LogP contribution in [0.25, 0.3) is 11.0 Å². The van der Waals surface area contributed by atoms with Crippen LogP contribution in [0.15, 0.2) is 30.9 Å². The molecule has 22 heavy (non-hydrogen) atoms. The van der Waals surface area contributed by atoms with Crippen molar-refractivity contribution in [3.8, 4) is 0 Å². The normalized spacial score (nSPS) is 14.4. The van der Waals surface area contributed by atoms with Crippen LogP contribution in [0.1, 0.15) is 25.7 Å². The zero-order valence-electron chi connectivity index (χ0n) is 12.9. The number of halogens is 1. The maximum Gasteiger partial charge on any atom is 0.137 e. The maximum absolute atomic E-state index is 6.04. The third-order valence-corrected chi connectivity index (χ3v) is 3.96. The van der Waals surface area contributed by atoms with Gasteiger partial charge in [0.25, 0.3) is 0 Å². The van der Waals surface area contributed by atoms with Crippen molar-refractivity contribution in [3.05, 3.63) is 41.7 Å². The van der Waals surface area contributed by atoms with Gasteiger partial charge >= 0.3 is 0 Å². The van der Waals surface area contributed by atoms with Crippen molar-refractivity contribution < 1.29 is 0 Å². The van der Waals surface area contributed by atoms with E-state index in [0.717, 1.165) is 23.4 Å². The highest BCUT2D eigenvalue weighted by Crippen LogP contribution is 2.22. The van der Waals surface area contributed by atoms with E-state index in [4.69, 9.17) is 16.6 Å². The molecular formula is C15H19ClN6. The number of aryl methyl sites for hydroxylation is 1. The van der Waals surface area contributed by atoms with Gasteiger partial charge in [0.15, 0.2) is 0 Å². The molecular weight excluding hydrogens is 300 g/mol. The molecule has 2 heterocycles. The number of nitrogens with zero attached hydrogens (tertiary/aromatic N) is 5. The molecule has 0 saturated heterocycles. The molecule has 0 aliphatic carbocycles. The van der Waals surface area contributed by atoms with Gasteiger partial charge < -0.3 is 9.88 Å². The topological polar surface area (TPSA) is 60.6 Å². The smallest absolute Gasteiger partial charge is 0.137 e. The number of aromatic nitrogens is 5. The summed E-state index contributed by atoms with van der Waals surface area (Å²) in [6.45, 7) is 5.00. The Balaban J connectivity index is 1.77. The summed E-state index contributed by atoms with van der Waals surface area (Å²) in [6.07, 6.45) is 3.27. The molecule has 7 heteroatoms. The predicted octanol–water partition coefficient (Wildman–Crippen LogP) is 2.56. The van der Waals surface area contributed by atoms with E-state index in [9.17, 15) is 0 Å². The molecule has 0 unspecified atom stereocenters. The maximum atomic E-state index is 6.04. The molecule has 116 valence electrons. The number of benzene rings is 1. The second kappa shape index (κ2) is 6.06. The fraction of sp³-hybridized carbons (Fsp3) is 0.400. The minimum absolute atomic E-state index is 0.120. The molecule has 0 bridgehead atoms. The molecule has 0 fully saturated rings. The summed E-state index contributed by atoms with van der Waals surface area (Å²) in [5.41, 5.74) is 2.00. The van der Waals surface area contributed by atoms with Crippen LogP contribution in [0.4, 0.5) is 0 Å². The molecule has 0 aliphatic rings. The van der Waals surface area contributed by atoms with Gasteiger partial charge in [-0.25, -0.2) is 9.97 Å². The lowest BCUT2D eigenvalue weighted by Gasteiger charge is -2.19. The van der Waals surface area contributed by atoms with Crippen molar-refractivity contribution in [3.63, 3.8) is 0 Å². The van der Waals surface area contributed by atoms with Crippen molar-refractivity contribution >= 4 is 22.6 Å². The molecule has 2 aromatic heterocycles. The fourth-order valence-electron chi connectivity index (χ4n) is 2.74. The first-order chi connectivity index (χ1) is 10.5. The van der Waals surface area contributed by atoms with Gasteiger partial charge in [-0.2, -0.15) is 5.10 Å². The second-order valence-electron chi connectivity index (χ2n) is 5.57. The Labute approximate surface area is 134 Å². The average molecular weight is 319 g/mol. The Kier molecular flexibility index (Phi) is 4.13. The van der Waals surface area contributed by atoms with Crippen molar-refractivity contribution in [2.24, 2.45) is 7.05 Å². The van der Waals surface area contributed by atoms with Crippen LogP contribution < -0.4 is 5.32 Å². The zero-order valence-corrected chi connectivity index (χ0v) is 13.6. The quantitative estimate of drug-likeness (QED) is 0.785. The average Bonchev–Trinajstić information content (AvgIpc) is 3.07. The lowest BCUT2D eigenvalue weighted by molar-refractivity contribution is 0.400. The van der Waals surface area contributed by atoms with Crippen LogP contribution in [0.5, 0.6) is 0 Å². The minimum Gasteiger partial charge on any atom is -0.330 e. The standard InChI is InChI=1S/C15H19ClN6/c1-10(7-22-9-17-8-18-22)19-11(2)15-20-13-6-12(16)4-5-14(13)21(15)3/h4-6,8-11,19H,7H2,1-3H3/t10-,11+/m1/s1. The SMILES string of the molecule is C[C@H](Cn1cncn1)N[C@@H](C)c1nc2cc(Cl)ccc2n1C. The van der Waals surface area contributed by atoms with E-state index < -0.39 is 0 Å². The zero-order chi connectivity index (χ0) is 15.7. The Morgan fingerprint density at radius 1 is 1.32 bits per heavy atom. The van der Waals surface area contributed by atoms with E-state index in [1.54, 1.807) is 12.7 Å². The van der Waals surface area contributed by atoms with E-state index in [2.05, 4.69) is 33.8 Å². The summed E-state index contributed by atoms with van der Waals surface area (Å²) < 4.78 is 3.92. The van der Waals surface area contributed by atoms with Crippen LogP contribution in [0.2, 0.25) is 5.02 Å². The molecule has 0 radical (unpaired) electrons. The summed E-state index contributed by atoms with van der Waals surface area (Å²) in [5, 5.41) is 8.38. The van der Waals surface area contributed by atoms with Gasteiger partial charge in [0, 0.05) is 18.1 Å². The van der Waals surface area contributed by atoms with Crippen LogP contribution >= 0.6 is 11.6 Å². The van der Waals surface area contributed by atoms with Crippen molar-refractivity contribution in [2.75, 3.05) is 0 Å². The minimum atomic E-state index is 0.120. The number of hydrogen-bond acceptors (Lipinski definition) is 4. The molecule has 1 N–H and O–H groups in total. The first kappa shape index (κ1) is 15.0. The Morgan fingerprint density at radius 3 is 2.86 bits per heavy atom. The monoisotopic (exact) mass is 318 g/mol. The van der Waals surface area contributed by atoms with E-state index in [1.807, 2.05) is 29.9 Å². The van der Waals surface area contributed by atoms with Crippen LogP contribution in [0, 0.1) is 0 Å². The van der Waals surface area contributed by atoms with Gasteiger partial charge in [-0.05, 0) is 32.0 Å². The highest BCUT2D eigenvalue weighted by molar-refractivity contribution is 6.31. The molecule has 0 aliphatic heterocycles. The third kappa shape index (κ3) is 2.98. The molecule has 1 aromatic carbocycles. The van der Waals surface area contributed by atoms with Gasteiger partial charge in [-0.3, -0.25) is 4.68 Å². The van der Waals surface area contributed by atoms with Crippen LogP contribution in [-0.2, 0) is 13.6 Å². The van der Waals surface area contributed by atoms with Crippen molar-refractivity contribution in [1.82, 2.24) is 29.6 Å². The highest BCUT2D eigenvalue weighted by atomic mass is 35.5. The molecule has 3 rings (SSSR count). The van der Waals surface area contributed by atoms with E-state index in [1.165, 1.54) is 0 Å². The summed E-state index contributed by atoms with van der Waals surface area (Å²) >= 11 is 6.04. The number of fused-ring (bicyclic) bond motifs is 1. The Bertz CT molecular complexity index is 764. The summed E-state index contributed by atoms with van der Waals surface area (Å²) in [5.74, 6) is 0.989. The second-order valence-corrected chi connectivity index (χ2v) is 6.01. The van der Waals surface area contributed by atoms with Gasteiger partial charge in [0.2, 0.25) is 0 Å². The van der Waals surface area contributed by atoms with E-state index in [-0.39, 0.29) is 12.1 Å². The molecule has 0 amide bonds. The molecule has 6 nitrogen and oxygen atoms in total. The first-order valence-corrected chi connectivity index (χ1v) is 7.62. The first-order valence-electron chi connectivity index (χ1n) is 7.25. The molecule has 0 saturated carbocycles. The lowest BCUT2D eigenvalue weighted by atomic mass is 10.2. The number of nitrogens with one attached hydrogen (secondary N) is 1. The predicted molar refractivity (Wildman–Crippen MR) is 86.8 cm³/mol. The summed E-state index contributed by atoms with van der Waals surface area (Å²) in [7, 11) is 2.03. The largest absolute Gasteiger partial charge is 0.330 e. The molecule has 3 aromatic rings. The summed E-state index contributed by atoms with van der Waals surface area (Å²) in [4.78, 5) is 8.66. The van der Waals surface area contributed by atoms with Gasteiger partial charge in [0.1, 0.15) is 18.5 Å². The number of hydrogen-bond donors (Lipinski definition) is 1. The van der Waals surface area contributed by atoms with Crippen molar-refractivity contribution in [1.29, 1.82) is 0 Å². The number of imidazole rings is 1. The summed E-state index contributed by atoms with van der Waals surface area (Å²) in [6, 6.07) is 6.15. The van der Waals surface area contributed by atoms with Crippen LogP contribution in [-0.4, -0.2) is 30.4 Å². The van der Waals surface area contributed by atoms with Gasteiger partial charge in [-0.1, -0.05) is 11.6 Å². The van der Waals surface area contributed by atoms with Crippen LogP contribution in [0.3, 0.4) is 0 Å². The molecule has 0 spiro atoms. The Morgan fingerprint density at radius 2 is 2.14 bits per heavy atom.